The first-order valence-corrected chi connectivity index (χ1v) is 14.4. The Labute approximate surface area is 218 Å². The van der Waals surface area contributed by atoms with E-state index >= 15 is 0 Å². The van der Waals surface area contributed by atoms with Gasteiger partial charge in [0.15, 0.2) is 6.23 Å². The summed E-state index contributed by atoms with van der Waals surface area (Å²) in [6.07, 6.45) is -5.82. The molecule has 0 spiro atoms. The number of halogens is 3. The lowest BCUT2D eigenvalue weighted by Crippen LogP contribution is -2.43. The van der Waals surface area contributed by atoms with E-state index in [0.29, 0.717) is 5.56 Å². The van der Waals surface area contributed by atoms with E-state index in [1.807, 2.05) is 0 Å². The molecule has 5 atom stereocenters. The van der Waals surface area contributed by atoms with Gasteiger partial charge in [-0.25, -0.2) is 9.18 Å². The van der Waals surface area contributed by atoms with Gasteiger partial charge in [-0.15, -0.1) is 0 Å². The molecule has 1 aliphatic rings. The Balaban J connectivity index is 1.79. The monoisotopic (exact) mass is 606 g/mol. The van der Waals surface area contributed by atoms with Crippen LogP contribution in [0.15, 0.2) is 40.1 Å². The lowest BCUT2D eigenvalue weighted by molar-refractivity contribution is -0.0531. The molecule has 5 N–H and O–H groups in total. The number of ether oxygens (including phenoxy) is 1. The second-order valence-electron chi connectivity index (χ2n) is 8.26. The number of aryl methyl sites for hydroxylation is 2. The van der Waals surface area contributed by atoms with Gasteiger partial charge in [-0.1, -0.05) is 35.3 Å². The molecule has 0 aliphatic carbocycles. The lowest BCUT2D eigenvalue weighted by atomic mass is 10.1. The van der Waals surface area contributed by atoms with Crippen molar-refractivity contribution in [2.45, 2.75) is 48.2 Å². The SMILES string of the molecule is Cc1ccc(CCn2c(=O)ccn([C@@H]3O[C@H](COP(=O)(O)C(Cl)(Cl)P(=O)(O)O)[C@H](O)C3O)c2=O)c(F)c1. The van der Waals surface area contributed by atoms with Gasteiger partial charge in [-0.05, 0) is 30.5 Å². The van der Waals surface area contributed by atoms with E-state index in [9.17, 15) is 38.2 Å². The Hall–Kier alpha value is -1.41. The third-order valence-corrected chi connectivity index (χ3v) is 11.6. The Morgan fingerprint density at radius 3 is 2.38 bits per heavy atom. The van der Waals surface area contributed by atoms with Gasteiger partial charge in [0.1, 0.15) is 24.1 Å². The highest BCUT2D eigenvalue weighted by Crippen LogP contribution is 2.75. The number of alkyl halides is 2. The lowest BCUT2D eigenvalue weighted by Gasteiger charge is -2.26. The number of hydrogen-bond acceptors (Lipinski definition) is 8. The Morgan fingerprint density at radius 1 is 1.14 bits per heavy atom. The molecule has 2 unspecified atom stereocenters. The second-order valence-corrected chi connectivity index (χ2v) is 14.7. The van der Waals surface area contributed by atoms with Crippen molar-refractivity contribution in [3.8, 4) is 0 Å². The predicted molar refractivity (Wildman–Crippen MR) is 128 cm³/mol. The summed E-state index contributed by atoms with van der Waals surface area (Å²) < 4.78 is 45.7. The second kappa shape index (κ2) is 11.0. The average molecular weight is 607 g/mol. The van der Waals surface area contributed by atoms with Gasteiger partial charge < -0.3 is 34.2 Å². The van der Waals surface area contributed by atoms with Crippen LogP contribution in [-0.4, -0.2) is 62.8 Å². The zero-order valence-corrected chi connectivity index (χ0v) is 22.2. The van der Waals surface area contributed by atoms with Gasteiger partial charge in [0.2, 0.25) is 0 Å². The first-order valence-electron chi connectivity index (χ1n) is 10.5. The summed E-state index contributed by atoms with van der Waals surface area (Å²) in [5.41, 5.74) is -0.740. The molecule has 0 bridgehead atoms. The van der Waals surface area contributed by atoms with Crippen LogP contribution in [0.2, 0.25) is 0 Å². The zero-order valence-electron chi connectivity index (χ0n) is 18.9. The number of hydrogen-bond donors (Lipinski definition) is 5. The molecule has 13 nitrogen and oxygen atoms in total. The van der Waals surface area contributed by atoms with Gasteiger partial charge >= 0.3 is 24.7 Å². The number of nitrogens with zero attached hydrogens (tertiary/aromatic N) is 2. The molecule has 1 aromatic heterocycles. The molecule has 0 radical (unpaired) electrons. The first kappa shape index (κ1) is 30.1. The fraction of sp³-hybridized carbons (Fsp3) is 0.474. The smallest absolute Gasteiger partial charge is 0.376 e. The summed E-state index contributed by atoms with van der Waals surface area (Å²) in [5.74, 6) is -0.511. The molecular formula is C19H23Cl2FN2O11P2. The molecule has 1 saturated heterocycles. The van der Waals surface area contributed by atoms with E-state index in [4.69, 9.17) is 37.7 Å². The molecule has 2 aromatic rings. The summed E-state index contributed by atoms with van der Waals surface area (Å²) in [7, 11) is -11.0. The van der Waals surface area contributed by atoms with E-state index < -0.39 is 67.2 Å². The van der Waals surface area contributed by atoms with Gasteiger partial charge in [0.25, 0.3) is 5.56 Å². The fourth-order valence-corrected chi connectivity index (χ4v) is 5.82. The third kappa shape index (κ3) is 6.10. The number of rotatable bonds is 9. The highest BCUT2D eigenvalue weighted by Gasteiger charge is 2.60. The zero-order chi connectivity index (χ0) is 27.9. The molecular weight excluding hydrogens is 584 g/mol. The van der Waals surface area contributed by atoms with Gasteiger partial charge in [0, 0.05) is 18.8 Å². The van der Waals surface area contributed by atoms with Crippen LogP contribution in [0.4, 0.5) is 4.39 Å². The summed E-state index contributed by atoms with van der Waals surface area (Å²) >= 11 is 10.7. The van der Waals surface area contributed by atoms with E-state index in [2.05, 4.69) is 4.52 Å². The van der Waals surface area contributed by atoms with E-state index in [1.54, 1.807) is 13.0 Å². The summed E-state index contributed by atoms with van der Waals surface area (Å²) in [6, 6.07) is 5.47. The maximum absolute atomic E-state index is 14.2. The number of aromatic nitrogens is 2. The molecule has 0 saturated carbocycles. The van der Waals surface area contributed by atoms with Crippen LogP contribution in [0.5, 0.6) is 0 Å². The van der Waals surface area contributed by atoms with Crippen molar-refractivity contribution in [3.63, 3.8) is 0 Å². The van der Waals surface area contributed by atoms with Crippen molar-refractivity contribution in [1.82, 2.24) is 9.13 Å². The predicted octanol–water partition coefficient (Wildman–Crippen LogP) is 0.788. The van der Waals surface area contributed by atoms with Crippen LogP contribution in [0.25, 0.3) is 0 Å². The Bertz CT molecular complexity index is 1380. The van der Waals surface area contributed by atoms with E-state index in [0.717, 1.165) is 21.4 Å². The van der Waals surface area contributed by atoms with E-state index in [1.165, 1.54) is 12.1 Å². The van der Waals surface area contributed by atoms with Crippen molar-refractivity contribution >= 4 is 38.4 Å². The summed E-state index contributed by atoms with van der Waals surface area (Å²) in [5, 5.41) is 20.7. The Morgan fingerprint density at radius 2 is 1.78 bits per heavy atom. The molecule has 0 amide bonds. The number of aliphatic hydroxyl groups excluding tert-OH is 2. The van der Waals surface area contributed by atoms with Gasteiger partial charge in [-0.2, -0.15) is 0 Å². The minimum absolute atomic E-state index is 0.0115. The van der Waals surface area contributed by atoms with E-state index in [-0.39, 0.29) is 18.5 Å². The molecule has 1 fully saturated rings. The molecule has 3 rings (SSSR count). The van der Waals surface area contributed by atoms with Crippen LogP contribution in [0.3, 0.4) is 0 Å². The van der Waals surface area contributed by atoms with Crippen LogP contribution in [-0.2, 0) is 31.4 Å². The summed E-state index contributed by atoms with van der Waals surface area (Å²) in [6.45, 7) is 0.455. The van der Waals surface area contributed by atoms with Crippen LogP contribution in [0, 0.1) is 12.7 Å². The van der Waals surface area contributed by atoms with Crippen molar-refractivity contribution < 1.29 is 47.7 Å². The normalized spacial score (nSPS) is 24.2. The topological polar surface area (TPSA) is 198 Å². The molecule has 37 heavy (non-hydrogen) atoms. The molecule has 2 heterocycles. The van der Waals surface area contributed by atoms with Gasteiger partial charge in [0.05, 0.1) is 6.61 Å². The largest absolute Gasteiger partial charge is 0.387 e. The number of benzene rings is 1. The quantitative estimate of drug-likeness (QED) is 0.200. The summed E-state index contributed by atoms with van der Waals surface area (Å²) in [4.78, 5) is 53.3. The average Bonchev–Trinajstić information content (AvgIpc) is 3.06. The molecule has 1 aromatic carbocycles. The number of aliphatic hydroxyl groups is 2. The van der Waals surface area contributed by atoms with Crippen molar-refractivity contribution in [2.75, 3.05) is 6.61 Å². The van der Waals surface area contributed by atoms with Gasteiger partial charge in [-0.3, -0.25) is 23.1 Å². The molecule has 206 valence electrons. The van der Waals surface area contributed by atoms with Crippen LogP contribution < -0.4 is 11.2 Å². The van der Waals surface area contributed by atoms with Crippen LogP contribution in [0.1, 0.15) is 17.4 Å². The molecule has 1 aliphatic heterocycles. The minimum atomic E-state index is -5.55. The van der Waals surface area contributed by atoms with Crippen LogP contribution >= 0.6 is 38.4 Å². The highest BCUT2D eigenvalue weighted by molar-refractivity contribution is 7.78. The maximum Gasteiger partial charge on any atom is 0.376 e. The third-order valence-electron chi connectivity index (χ3n) is 5.62. The minimum Gasteiger partial charge on any atom is -0.387 e. The van der Waals surface area contributed by atoms with Crippen molar-refractivity contribution in [1.29, 1.82) is 0 Å². The highest BCUT2D eigenvalue weighted by atomic mass is 35.5. The maximum atomic E-state index is 14.2. The fourth-order valence-electron chi connectivity index (χ4n) is 3.53. The van der Waals surface area contributed by atoms with Crippen molar-refractivity contribution in [2.24, 2.45) is 0 Å². The molecule has 18 heteroatoms. The van der Waals surface area contributed by atoms with Crippen molar-refractivity contribution in [3.05, 3.63) is 68.2 Å². The standard InChI is InChI=1S/C19H23Cl2FN2O11P2/c1-10-2-3-11(12(22)8-10)4-6-23-14(25)5-7-24(18(23)28)17-16(27)15(26)13(35-17)9-34-37(32,33)19(20,21)36(29,30)31/h2-3,5,7-8,13,15-17,26-27H,4,6,9H2,1H3,(H,32,33)(H2,29,30,31)/t13-,15+,16?,17-/m1/s1. The first-order chi connectivity index (χ1) is 17.0. The Kier molecular flexibility index (Phi) is 8.95.